The molecule has 0 saturated heterocycles. The summed E-state index contributed by atoms with van der Waals surface area (Å²) in [5, 5.41) is 3.33. The summed E-state index contributed by atoms with van der Waals surface area (Å²) < 4.78 is 18.7. The lowest BCUT2D eigenvalue weighted by Crippen LogP contribution is -2.18. The molecule has 0 bridgehead atoms. The third kappa shape index (κ3) is 2.92. The first-order valence-electron chi connectivity index (χ1n) is 5.77. The molecule has 1 atom stereocenters. The van der Waals surface area contributed by atoms with Crippen LogP contribution in [0.5, 0.6) is 0 Å². The van der Waals surface area contributed by atoms with Gasteiger partial charge in [-0.1, -0.05) is 17.7 Å². The first kappa shape index (κ1) is 13.1. The van der Waals surface area contributed by atoms with Crippen LogP contribution in [-0.4, -0.2) is 7.05 Å². The number of benzene rings is 1. The van der Waals surface area contributed by atoms with Crippen LogP contribution in [0.15, 0.2) is 34.7 Å². The van der Waals surface area contributed by atoms with Gasteiger partial charge in [0.1, 0.15) is 17.3 Å². The molecule has 0 aliphatic heterocycles. The summed E-state index contributed by atoms with van der Waals surface area (Å²) in [6.07, 6.45) is 0.698. The SMILES string of the molecule is CNC(Cc1ccc(F)c(Cl)c1)c1ccc(C)o1. The van der Waals surface area contributed by atoms with Crippen molar-refractivity contribution < 1.29 is 8.81 Å². The fraction of sp³-hybridized carbons (Fsp3) is 0.286. The molecule has 0 fully saturated rings. The van der Waals surface area contributed by atoms with Crippen molar-refractivity contribution in [1.29, 1.82) is 0 Å². The van der Waals surface area contributed by atoms with Gasteiger partial charge in [-0.2, -0.15) is 0 Å². The van der Waals surface area contributed by atoms with Crippen molar-refractivity contribution in [3.05, 3.63) is 58.3 Å². The fourth-order valence-corrected chi connectivity index (χ4v) is 2.09. The van der Waals surface area contributed by atoms with Gasteiger partial charge >= 0.3 is 0 Å². The quantitative estimate of drug-likeness (QED) is 0.909. The zero-order valence-electron chi connectivity index (χ0n) is 10.3. The van der Waals surface area contributed by atoms with Crippen molar-refractivity contribution in [3.63, 3.8) is 0 Å². The van der Waals surface area contributed by atoms with Crippen LogP contribution in [0.4, 0.5) is 4.39 Å². The molecule has 1 aromatic heterocycles. The van der Waals surface area contributed by atoms with E-state index in [1.807, 2.05) is 26.1 Å². The Labute approximate surface area is 111 Å². The summed E-state index contributed by atoms with van der Waals surface area (Å²) in [5.41, 5.74) is 0.967. The topological polar surface area (TPSA) is 25.2 Å². The zero-order valence-corrected chi connectivity index (χ0v) is 11.1. The summed E-state index contributed by atoms with van der Waals surface area (Å²) in [4.78, 5) is 0. The van der Waals surface area contributed by atoms with Crippen LogP contribution in [0.2, 0.25) is 5.02 Å². The summed E-state index contributed by atoms with van der Waals surface area (Å²) in [7, 11) is 1.87. The van der Waals surface area contributed by atoms with Crippen molar-refractivity contribution >= 4 is 11.6 Å². The van der Waals surface area contributed by atoms with Crippen LogP contribution in [0.1, 0.15) is 23.1 Å². The number of nitrogens with one attached hydrogen (secondary N) is 1. The molecular weight excluding hydrogens is 253 g/mol. The van der Waals surface area contributed by atoms with Gasteiger partial charge in [0.25, 0.3) is 0 Å². The normalized spacial score (nSPS) is 12.7. The summed E-state index contributed by atoms with van der Waals surface area (Å²) >= 11 is 5.77. The lowest BCUT2D eigenvalue weighted by Gasteiger charge is -2.14. The molecule has 0 spiro atoms. The molecule has 1 heterocycles. The molecule has 96 valence electrons. The molecular formula is C14H15ClFNO. The Bertz CT molecular complexity index is 538. The minimum Gasteiger partial charge on any atom is -0.465 e. The van der Waals surface area contributed by atoms with Gasteiger partial charge in [-0.3, -0.25) is 0 Å². The van der Waals surface area contributed by atoms with E-state index in [-0.39, 0.29) is 11.1 Å². The smallest absolute Gasteiger partial charge is 0.141 e. The Morgan fingerprint density at radius 2 is 2.11 bits per heavy atom. The molecule has 0 aliphatic carbocycles. The van der Waals surface area contributed by atoms with E-state index >= 15 is 0 Å². The van der Waals surface area contributed by atoms with Crippen LogP contribution >= 0.6 is 11.6 Å². The highest BCUT2D eigenvalue weighted by Gasteiger charge is 2.14. The molecule has 0 amide bonds. The van der Waals surface area contributed by atoms with Crippen LogP contribution < -0.4 is 5.32 Å². The van der Waals surface area contributed by atoms with Gasteiger partial charge in [-0.05, 0) is 50.2 Å². The molecule has 1 unspecified atom stereocenters. The number of halogens is 2. The molecule has 4 heteroatoms. The lowest BCUT2D eigenvalue weighted by atomic mass is 10.0. The van der Waals surface area contributed by atoms with E-state index in [1.165, 1.54) is 6.07 Å². The Hall–Kier alpha value is -1.32. The molecule has 2 nitrogen and oxygen atoms in total. The predicted octanol–water partition coefficient (Wildman–Crippen LogP) is 3.88. The maximum atomic E-state index is 13.1. The van der Waals surface area contributed by atoms with Gasteiger partial charge in [0, 0.05) is 0 Å². The Morgan fingerprint density at radius 1 is 1.33 bits per heavy atom. The van der Waals surface area contributed by atoms with E-state index in [0.717, 1.165) is 17.1 Å². The molecule has 2 rings (SSSR count). The Morgan fingerprint density at radius 3 is 2.67 bits per heavy atom. The standard InChI is InChI=1S/C14H15ClFNO/c1-9-3-6-14(18-9)13(17-2)8-10-4-5-12(16)11(15)7-10/h3-7,13,17H,8H2,1-2H3. The van der Waals surface area contributed by atoms with Gasteiger partial charge in [-0.15, -0.1) is 0 Å². The second-order valence-corrected chi connectivity index (χ2v) is 4.65. The van der Waals surface area contributed by atoms with E-state index in [9.17, 15) is 4.39 Å². The molecule has 0 radical (unpaired) electrons. The number of rotatable bonds is 4. The van der Waals surface area contributed by atoms with E-state index in [0.29, 0.717) is 6.42 Å². The number of hydrogen-bond acceptors (Lipinski definition) is 2. The fourth-order valence-electron chi connectivity index (χ4n) is 1.89. The van der Waals surface area contributed by atoms with Gasteiger partial charge in [-0.25, -0.2) is 4.39 Å². The van der Waals surface area contributed by atoms with Gasteiger partial charge in [0.05, 0.1) is 11.1 Å². The third-order valence-electron chi connectivity index (χ3n) is 2.88. The zero-order chi connectivity index (χ0) is 13.1. The lowest BCUT2D eigenvalue weighted by molar-refractivity contribution is 0.414. The highest BCUT2D eigenvalue weighted by Crippen LogP contribution is 2.23. The summed E-state index contributed by atoms with van der Waals surface area (Å²) in [5.74, 6) is 1.35. The molecule has 1 aromatic carbocycles. The third-order valence-corrected chi connectivity index (χ3v) is 3.17. The van der Waals surface area contributed by atoms with Crippen LogP contribution in [-0.2, 0) is 6.42 Å². The first-order chi connectivity index (χ1) is 8.60. The Kier molecular flexibility index (Phi) is 4.04. The van der Waals surface area contributed by atoms with Gasteiger partial charge < -0.3 is 9.73 Å². The second kappa shape index (κ2) is 5.55. The van der Waals surface area contributed by atoms with Crippen molar-refractivity contribution in [3.8, 4) is 0 Å². The maximum absolute atomic E-state index is 13.1. The van der Waals surface area contributed by atoms with Crippen LogP contribution in [0.3, 0.4) is 0 Å². The van der Waals surface area contributed by atoms with Crippen molar-refractivity contribution in [2.45, 2.75) is 19.4 Å². The van der Waals surface area contributed by atoms with Crippen molar-refractivity contribution in [2.75, 3.05) is 7.05 Å². The molecule has 0 saturated carbocycles. The van der Waals surface area contributed by atoms with Crippen molar-refractivity contribution in [2.24, 2.45) is 0 Å². The molecule has 2 aromatic rings. The average Bonchev–Trinajstić information content (AvgIpc) is 2.77. The summed E-state index contributed by atoms with van der Waals surface area (Å²) in [6, 6.07) is 8.70. The highest BCUT2D eigenvalue weighted by molar-refractivity contribution is 6.30. The molecule has 1 N–H and O–H groups in total. The van der Waals surface area contributed by atoms with Gasteiger partial charge in [0.2, 0.25) is 0 Å². The van der Waals surface area contributed by atoms with E-state index < -0.39 is 5.82 Å². The van der Waals surface area contributed by atoms with E-state index in [2.05, 4.69) is 5.32 Å². The second-order valence-electron chi connectivity index (χ2n) is 4.24. The number of furan rings is 1. The summed E-state index contributed by atoms with van der Waals surface area (Å²) in [6.45, 7) is 1.91. The number of hydrogen-bond donors (Lipinski definition) is 1. The predicted molar refractivity (Wildman–Crippen MR) is 70.4 cm³/mol. The highest BCUT2D eigenvalue weighted by atomic mass is 35.5. The average molecular weight is 268 g/mol. The van der Waals surface area contributed by atoms with Crippen molar-refractivity contribution in [1.82, 2.24) is 5.32 Å². The van der Waals surface area contributed by atoms with E-state index in [4.69, 9.17) is 16.0 Å². The maximum Gasteiger partial charge on any atom is 0.141 e. The largest absolute Gasteiger partial charge is 0.465 e. The molecule has 18 heavy (non-hydrogen) atoms. The first-order valence-corrected chi connectivity index (χ1v) is 6.15. The minimum atomic E-state index is -0.393. The van der Waals surface area contributed by atoms with E-state index in [1.54, 1.807) is 12.1 Å². The molecule has 0 aliphatic rings. The number of likely N-dealkylation sites (N-methyl/N-ethyl adjacent to an activating group) is 1. The minimum absolute atomic E-state index is 0.0558. The van der Waals surface area contributed by atoms with Crippen LogP contribution in [0.25, 0.3) is 0 Å². The monoisotopic (exact) mass is 267 g/mol. The Balaban J connectivity index is 2.17. The number of aryl methyl sites for hydroxylation is 1. The van der Waals surface area contributed by atoms with Crippen LogP contribution in [0, 0.1) is 12.7 Å². The van der Waals surface area contributed by atoms with Gasteiger partial charge in [0.15, 0.2) is 0 Å².